The van der Waals surface area contributed by atoms with E-state index >= 15 is 0 Å². The van der Waals surface area contributed by atoms with E-state index in [-0.39, 0.29) is 5.41 Å². The first-order valence-corrected chi connectivity index (χ1v) is 22.6. The highest BCUT2D eigenvalue weighted by Crippen LogP contribution is 2.57. The predicted octanol–water partition coefficient (Wildman–Crippen LogP) is 14.6. The van der Waals surface area contributed by atoms with Crippen LogP contribution in [-0.4, -0.2) is 0 Å². The van der Waals surface area contributed by atoms with E-state index in [1.807, 2.05) is 0 Å². The molecule has 0 amide bonds. The van der Waals surface area contributed by atoms with Crippen molar-refractivity contribution in [1.29, 1.82) is 0 Å². The fourth-order valence-corrected chi connectivity index (χ4v) is 11.6. The molecule has 6 aromatic carbocycles. The largest absolute Gasteiger partial charge is 0.0654 e. The van der Waals surface area contributed by atoms with Crippen LogP contribution in [0.5, 0.6) is 0 Å². The number of fused-ring (bicyclic) bond motifs is 5. The van der Waals surface area contributed by atoms with Gasteiger partial charge in [-0.3, -0.25) is 0 Å². The third-order valence-electron chi connectivity index (χ3n) is 12.2. The maximum Gasteiger partial charge on any atom is 0.0215 e. The Labute approximate surface area is 328 Å². The molecule has 6 aromatic rings. The summed E-state index contributed by atoms with van der Waals surface area (Å²) in [5.41, 5.74) is 11.7. The minimum atomic E-state index is -0.627. The first-order chi connectivity index (χ1) is 26.5. The molecule has 0 bridgehead atoms. The Kier molecular flexibility index (Phi) is 12.8. The van der Waals surface area contributed by atoms with Crippen molar-refractivity contribution >= 4 is 34.6 Å². The summed E-state index contributed by atoms with van der Waals surface area (Å²) >= 11 is 0. The molecular formula is C53H61P. The first kappa shape index (κ1) is 38.3. The van der Waals surface area contributed by atoms with Crippen LogP contribution in [0.1, 0.15) is 126 Å². The van der Waals surface area contributed by atoms with Gasteiger partial charge in [-0.2, -0.15) is 0 Å². The first-order valence-electron chi connectivity index (χ1n) is 21.2. The van der Waals surface area contributed by atoms with Gasteiger partial charge in [-0.1, -0.05) is 218 Å². The molecule has 0 heterocycles. The summed E-state index contributed by atoms with van der Waals surface area (Å²) in [6, 6.07) is 48.9. The maximum atomic E-state index is 2.62. The van der Waals surface area contributed by atoms with E-state index in [0.29, 0.717) is 0 Å². The smallest absolute Gasteiger partial charge is 0.0215 e. The Morgan fingerprint density at radius 2 is 0.981 bits per heavy atom. The molecule has 0 saturated carbocycles. The lowest BCUT2D eigenvalue weighted by Gasteiger charge is -2.33. The average Bonchev–Trinajstić information content (AvgIpc) is 3.46. The van der Waals surface area contributed by atoms with Crippen LogP contribution in [0.15, 0.2) is 127 Å². The second-order valence-corrected chi connectivity index (χ2v) is 18.3. The van der Waals surface area contributed by atoms with Gasteiger partial charge in [-0.15, -0.1) is 0 Å². The number of hydrogen-bond donors (Lipinski definition) is 0. The molecular weight excluding hydrogens is 668 g/mol. The van der Waals surface area contributed by atoms with Gasteiger partial charge < -0.3 is 0 Å². The van der Waals surface area contributed by atoms with Crippen molar-refractivity contribution in [1.82, 2.24) is 0 Å². The van der Waals surface area contributed by atoms with Crippen LogP contribution in [0.25, 0.3) is 33.0 Å². The van der Waals surface area contributed by atoms with Crippen molar-refractivity contribution < 1.29 is 0 Å². The standard InChI is InChI=1S/C53H61P/c1-5-7-9-11-13-21-35-53(36-22-14-12-10-8-6-2)50-37-40(3)27-33-48(50)52-49-39-43(30-34-47(49)41(4)38-51(52)53)42-28-31-46(32-29-42)54(44-23-17-15-18-24-44)45-25-19-16-20-26-45/h15-20,23-34,37-39H,5-14,21-22,35-36H2,1-4H3. The SMILES string of the molecule is CCCCCCCCC1(CCCCCCCC)c2cc(C)ccc2-c2c1cc(C)c1ccc(-c3ccc(P(c4ccccc4)c4ccccc4)cc3)cc21. The maximum absolute atomic E-state index is 2.62. The number of hydrogen-bond acceptors (Lipinski definition) is 0. The van der Waals surface area contributed by atoms with Gasteiger partial charge in [0.15, 0.2) is 0 Å². The fourth-order valence-electron chi connectivity index (χ4n) is 9.35. The number of benzene rings is 6. The Morgan fingerprint density at radius 3 is 1.57 bits per heavy atom. The van der Waals surface area contributed by atoms with Crippen LogP contribution in [0.4, 0.5) is 0 Å². The van der Waals surface area contributed by atoms with E-state index in [2.05, 4.69) is 155 Å². The van der Waals surface area contributed by atoms with E-state index in [9.17, 15) is 0 Å². The Morgan fingerprint density at radius 1 is 0.444 bits per heavy atom. The van der Waals surface area contributed by atoms with Gasteiger partial charge in [-0.25, -0.2) is 0 Å². The van der Waals surface area contributed by atoms with E-state index in [4.69, 9.17) is 0 Å². The molecule has 0 nitrogen and oxygen atoms in total. The summed E-state index contributed by atoms with van der Waals surface area (Å²) in [6.07, 6.45) is 18.7. The minimum absolute atomic E-state index is 0.0921. The summed E-state index contributed by atoms with van der Waals surface area (Å²) in [4.78, 5) is 0. The zero-order valence-electron chi connectivity index (χ0n) is 33.5. The van der Waals surface area contributed by atoms with Gasteiger partial charge in [-0.05, 0) is 106 Å². The van der Waals surface area contributed by atoms with Crippen molar-refractivity contribution in [3.8, 4) is 22.3 Å². The molecule has 1 aliphatic carbocycles. The van der Waals surface area contributed by atoms with Crippen molar-refractivity contribution in [3.05, 3.63) is 150 Å². The second kappa shape index (κ2) is 18.1. The summed E-state index contributed by atoms with van der Waals surface area (Å²) in [5, 5.41) is 7.00. The molecule has 0 aliphatic heterocycles. The normalized spacial score (nSPS) is 13.1. The molecule has 278 valence electrons. The van der Waals surface area contributed by atoms with Crippen LogP contribution in [0, 0.1) is 13.8 Å². The molecule has 54 heavy (non-hydrogen) atoms. The van der Waals surface area contributed by atoms with Gasteiger partial charge >= 0.3 is 0 Å². The topological polar surface area (TPSA) is 0 Å². The molecule has 0 radical (unpaired) electrons. The summed E-state index contributed by atoms with van der Waals surface area (Å²) in [7, 11) is -0.627. The van der Waals surface area contributed by atoms with E-state index in [1.165, 1.54) is 150 Å². The van der Waals surface area contributed by atoms with Gasteiger partial charge in [0, 0.05) is 5.41 Å². The lowest BCUT2D eigenvalue weighted by atomic mass is 9.70. The predicted molar refractivity (Wildman–Crippen MR) is 240 cm³/mol. The molecule has 7 rings (SSSR count). The number of rotatable bonds is 18. The number of aryl methyl sites for hydroxylation is 2. The lowest BCUT2D eigenvalue weighted by Crippen LogP contribution is -2.26. The van der Waals surface area contributed by atoms with Gasteiger partial charge in [0.05, 0.1) is 0 Å². The van der Waals surface area contributed by atoms with Crippen molar-refractivity contribution in [3.63, 3.8) is 0 Å². The third kappa shape index (κ3) is 8.16. The van der Waals surface area contributed by atoms with Gasteiger partial charge in [0.1, 0.15) is 0 Å². The van der Waals surface area contributed by atoms with Crippen LogP contribution in [0.3, 0.4) is 0 Å². The zero-order chi connectivity index (χ0) is 37.3. The lowest BCUT2D eigenvalue weighted by molar-refractivity contribution is 0.397. The van der Waals surface area contributed by atoms with Crippen LogP contribution in [-0.2, 0) is 5.41 Å². The van der Waals surface area contributed by atoms with Crippen molar-refractivity contribution in [2.45, 2.75) is 123 Å². The molecule has 1 heteroatoms. The molecule has 0 aromatic heterocycles. The Bertz CT molecular complexity index is 2050. The molecule has 0 N–H and O–H groups in total. The molecule has 1 aliphatic rings. The Balaban J connectivity index is 1.28. The van der Waals surface area contributed by atoms with Crippen molar-refractivity contribution in [2.24, 2.45) is 0 Å². The highest BCUT2D eigenvalue weighted by atomic mass is 31.1. The average molecular weight is 729 g/mol. The molecule has 0 fully saturated rings. The highest BCUT2D eigenvalue weighted by Gasteiger charge is 2.43. The van der Waals surface area contributed by atoms with Crippen LogP contribution in [0.2, 0.25) is 0 Å². The second-order valence-electron chi connectivity index (χ2n) is 16.1. The molecule has 0 spiro atoms. The zero-order valence-corrected chi connectivity index (χ0v) is 34.4. The van der Waals surface area contributed by atoms with E-state index in [1.54, 1.807) is 11.1 Å². The van der Waals surface area contributed by atoms with Crippen LogP contribution < -0.4 is 15.9 Å². The molecule has 0 unspecified atom stereocenters. The molecule has 0 atom stereocenters. The number of unbranched alkanes of at least 4 members (excludes halogenated alkanes) is 10. The monoisotopic (exact) mass is 728 g/mol. The molecule has 0 saturated heterocycles. The van der Waals surface area contributed by atoms with E-state index < -0.39 is 7.92 Å². The summed E-state index contributed by atoms with van der Waals surface area (Å²) in [6.45, 7) is 9.31. The quantitative estimate of drug-likeness (QED) is 0.0611. The summed E-state index contributed by atoms with van der Waals surface area (Å²) in [5.74, 6) is 0. The van der Waals surface area contributed by atoms with E-state index in [0.717, 1.165) is 0 Å². The van der Waals surface area contributed by atoms with Crippen molar-refractivity contribution in [2.75, 3.05) is 0 Å². The third-order valence-corrected chi connectivity index (χ3v) is 14.7. The fraction of sp³-hybridized carbons (Fsp3) is 0.358. The van der Waals surface area contributed by atoms with Gasteiger partial charge in [0.2, 0.25) is 0 Å². The Hall–Kier alpha value is -3.99. The van der Waals surface area contributed by atoms with Gasteiger partial charge in [0.25, 0.3) is 0 Å². The minimum Gasteiger partial charge on any atom is -0.0654 e. The van der Waals surface area contributed by atoms with Crippen LogP contribution >= 0.6 is 7.92 Å². The highest BCUT2D eigenvalue weighted by molar-refractivity contribution is 7.79. The summed E-state index contributed by atoms with van der Waals surface area (Å²) < 4.78 is 0.